The molecule has 1 heterocycles. The maximum Gasteiger partial charge on any atom is 0.379 e. The third-order valence-corrected chi connectivity index (χ3v) is 4.75. The van der Waals surface area contributed by atoms with Crippen LogP contribution in [-0.2, 0) is 24.8 Å². The van der Waals surface area contributed by atoms with E-state index in [1.165, 1.54) is 5.57 Å². The van der Waals surface area contributed by atoms with Crippen LogP contribution in [0.15, 0.2) is 35.9 Å². The van der Waals surface area contributed by atoms with Crippen LogP contribution in [0.4, 0.5) is 0 Å². The summed E-state index contributed by atoms with van der Waals surface area (Å²) in [5, 5.41) is 0. The summed E-state index contributed by atoms with van der Waals surface area (Å²) < 4.78 is 16.3. The number of Topliss-reactive ketones (excluding diaryl/α,β-unsaturated/α-hetero) is 1. The molecule has 5 heteroatoms. The highest BCUT2D eigenvalue weighted by Crippen LogP contribution is 2.30. The van der Waals surface area contributed by atoms with E-state index in [2.05, 4.69) is 26.8 Å². The molecule has 1 aliphatic rings. The van der Waals surface area contributed by atoms with Gasteiger partial charge in [0.25, 0.3) is 5.78 Å². The Bertz CT molecular complexity index is 664. The summed E-state index contributed by atoms with van der Waals surface area (Å²) in [5.74, 6) is -1.78. The fourth-order valence-corrected chi connectivity index (χ4v) is 2.94. The zero-order chi connectivity index (χ0) is 19.9. The Hall–Kier alpha value is -1.98. The van der Waals surface area contributed by atoms with Gasteiger partial charge in [-0.25, -0.2) is 4.79 Å². The summed E-state index contributed by atoms with van der Waals surface area (Å²) in [5.41, 5.74) is 2.43. The van der Waals surface area contributed by atoms with Crippen molar-refractivity contribution < 1.29 is 23.8 Å². The second-order valence-electron chi connectivity index (χ2n) is 7.44. The molecule has 1 saturated heterocycles. The molecule has 1 unspecified atom stereocenters. The van der Waals surface area contributed by atoms with Gasteiger partial charge in [0.05, 0.1) is 19.8 Å². The molecule has 148 valence electrons. The van der Waals surface area contributed by atoms with Crippen molar-refractivity contribution in [2.45, 2.75) is 52.7 Å². The van der Waals surface area contributed by atoms with Crippen LogP contribution in [0.1, 0.15) is 62.9 Å². The van der Waals surface area contributed by atoms with Crippen molar-refractivity contribution in [3.8, 4) is 0 Å². The fourth-order valence-electron chi connectivity index (χ4n) is 2.94. The summed E-state index contributed by atoms with van der Waals surface area (Å²) in [6, 6.07) is 6.71. The minimum atomic E-state index is -0.807. The molecule has 0 saturated carbocycles. The average Bonchev–Trinajstić information content (AvgIpc) is 3.08. The van der Waals surface area contributed by atoms with E-state index in [1.54, 1.807) is 24.3 Å². The van der Waals surface area contributed by atoms with Crippen molar-refractivity contribution in [1.82, 2.24) is 0 Å². The van der Waals surface area contributed by atoms with Gasteiger partial charge in [-0.15, -0.1) is 0 Å². The Kier molecular flexibility index (Phi) is 7.75. The fraction of sp³-hybridized carbons (Fsp3) is 0.545. The number of allylic oxidation sites excluding steroid dienone is 2. The SMILES string of the molecule is CC(C)=CCCC(C)CCOC(=O)C(=O)c1ccc(C2(C)OCCO2)cc1. The molecule has 0 N–H and O–H groups in total. The molecule has 0 radical (unpaired) electrons. The molecule has 0 aromatic heterocycles. The maximum atomic E-state index is 12.2. The third kappa shape index (κ3) is 6.29. The van der Waals surface area contributed by atoms with Gasteiger partial charge in [-0.05, 0) is 46.0 Å². The highest BCUT2D eigenvalue weighted by Gasteiger charge is 2.33. The first-order valence-electron chi connectivity index (χ1n) is 9.55. The molecule has 0 amide bonds. The van der Waals surface area contributed by atoms with Gasteiger partial charge in [0.15, 0.2) is 5.79 Å². The number of ketones is 1. The van der Waals surface area contributed by atoms with Gasteiger partial charge < -0.3 is 14.2 Å². The molecule has 1 aromatic carbocycles. The lowest BCUT2D eigenvalue weighted by Gasteiger charge is -2.22. The highest BCUT2D eigenvalue weighted by molar-refractivity contribution is 6.40. The molecule has 1 fully saturated rings. The molecule has 1 aromatic rings. The van der Waals surface area contributed by atoms with E-state index in [0.29, 0.717) is 24.7 Å². The van der Waals surface area contributed by atoms with Gasteiger partial charge in [-0.3, -0.25) is 4.79 Å². The maximum absolute atomic E-state index is 12.2. The van der Waals surface area contributed by atoms with E-state index in [9.17, 15) is 9.59 Å². The number of esters is 1. The van der Waals surface area contributed by atoms with Crippen molar-refractivity contribution in [2.75, 3.05) is 19.8 Å². The van der Waals surface area contributed by atoms with Crippen LogP contribution in [0.2, 0.25) is 0 Å². The van der Waals surface area contributed by atoms with E-state index < -0.39 is 17.5 Å². The van der Waals surface area contributed by atoms with Gasteiger partial charge in [0.1, 0.15) is 0 Å². The van der Waals surface area contributed by atoms with E-state index in [-0.39, 0.29) is 6.61 Å². The van der Waals surface area contributed by atoms with Crippen LogP contribution in [0.5, 0.6) is 0 Å². The minimum Gasteiger partial charge on any atom is -0.460 e. The summed E-state index contributed by atoms with van der Waals surface area (Å²) in [4.78, 5) is 24.2. The van der Waals surface area contributed by atoms with Crippen molar-refractivity contribution in [3.05, 3.63) is 47.0 Å². The topological polar surface area (TPSA) is 61.8 Å². The highest BCUT2D eigenvalue weighted by atomic mass is 16.7. The molecule has 0 bridgehead atoms. The molecule has 1 atom stereocenters. The number of benzene rings is 1. The number of hydrogen-bond donors (Lipinski definition) is 0. The Morgan fingerprint density at radius 2 is 1.78 bits per heavy atom. The van der Waals surface area contributed by atoms with Crippen LogP contribution < -0.4 is 0 Å². The molecule has 27 heavy (non-hydrogen) atoms. The van der Waals surface area contributed by atoms with Crippen LogP contribution >= 0.6 is 0 Å². The largest absolute Gasteiger partial charge is 0.460 e. The van der Waals surface area contributed by atoms with E-state index in [4.69, 9.17) is 14.2 Å². The summed E-state index contributed by atoms with van der Waals surface area (Å²) >= 11 is 0. The Balaban J connectivity index is 1.79. The smallest absolute Gasteiger partial charge is 0.379 e. The van der Waals surface area contributed by atoms with Crippen molar-refractivity contribution in [3.63, 3.8) is 0 Å². The molecule has 5 nitrogen and oxygen atoms in total. The number of carbonyl (C=O) groups excluding carboxylic acids is 2. The quantitative estimate of drug-likeness (QED) is 0.277. The normalized spacial score (nSPS) is 16.6. The molecule has 1 aliphatic heterocycles. The summed E-state index contributed by atoms with van der Waals surface area (Å²) in [6.07, 6.45) is 5.02. The molecule has 0 spiro atoms. The third-order valence-electron chi connectivity index (χ3n) is 4.75. The van der Waals surface area contributed by atoms with Crippen LogP contribution in [0.25, 0.3) is 0 Å². The first kappa shape index (κ1) is 21.3. The van der Waals surface area contributed by atoms with Crippen LogP contribution in [-0.4, -0.2) is 31.6 Å². The second-order valence-corrected chi connectivity index (χ2v) is 7.44. The number of ether oxygens (including phenoxy) is 3. The van der Waals surface area contributed by atoms with Gasteiger partial charge in [0, 0.05) is 11.1 Å². The van der Waals surface area contributed by atoms with E-state index >= 15 is 0 Å². The summed E-state index contributed by atoms with van der Waals surface area (Å²) in [7, 11) is 0. The van der Waals surface area contributed by atoms with Crippen LogP contribution in [0.3, 0.4) is 0 Å². The summed E-state index contributed by atoms with van der Waals surface area (Å²) in [6.45, 7) is 9.47. The van der Waals surface area contributed by atoms with Gasteiger partial charge in [-0.2, -0.15) is 0 Å². The van der Waals surface area contributed by atoms with E-state index in [1.807, 2.05) is 6.92 Å². The molecule has 0 aliphatic carbocycles. The second kappa shape index (κ2) is 9.81. The number of carbonyl (C=O) groups is 2. The van der Waals surface area contributed by atoms with Gasteiger partial charge >= 0.3 is 5.97 Å². The predicted molar refractivity (Wildman–Crippen MR) is 103 cm³/mol. The van der Waals surface area contributed by atoms with Crippen molar-refractivity contribution in [1.29, 1.82) is 0 Å². The number of rotatable bonds is 9. The van der Waals surface area contributed by atoms with Gasteiger partial charge in [0.2, 0.25) is 0 Å². The van der Waals surface area contributed by atoms with Crippen molar-refractivity contribution >= 4 is 11.8 Å². The predicted octanol–water partition coefficient (Wildman–Crippen LogP) is 4.40. The monoisotopic (exact) mass is 374 g/mol. The molecular weight excluding hydrogens is 344 g/mol. The lowest BCUT2D eigenvalue weighted by atomic mass is 10.0. The van der Waals surface area contributed by atoms with Crippen LogP contribution in [0, 0.1) is 5.92 Å². The first-order valence-corrected chi connectivity index (χ1v) is 9.55. The standard InChI is InChI=1S/C22H30O5/c1-16(2)6-5-7-17(3)12-13-25-21(24)20(23)18-8-10-19(11-9-18)22(4)26-14-15-27-22/h6,8-11,17H,5,7,12-15H2,1-4H3. The first-order chi connectivity index (χ1) is 12.8. The van der Waals surface area contributed by atoms with Gasteiger partial charge in [-0.1, -0.05) is 42.8 Å². The zero-order valence-electron chi connectivity index (χ0n) is 16.7. The minimum absolute atomic E-state index is 0.262. The Labute approximate surface area is 161 Å². The average molecular weight is 374 g/mol. The Morgan fingerprint density at radius 3 is 2.37 bits per heavy atom. The lowest BCUT2D eigenvalue weighted by molar-refractivity contribution is -0.149. The zero-order valence-corrected chi connectivity index (χ0v) is 16.7. The van der Waals surface area contributed by atoms with Crippen molar-refractivity contribution in [2.24, 2.45) is 5.92 Å². The lowest BCUT2D eigenvalue weighted by Crippen LogP contribution is -2.23. The molecule has 2 rings (SSSR count). The molecular formula is C22H30O5. The van der Waals surface area contributed by atoms with E-state index in [0.717, 1.165) is 24.8 Å². The number of hydrogen-bond acceptors (Lipinski definition) is 5. The Morgan fingerprint density at radius 1 is 1.15 bits per heavy atom.